The summed E-state index contributed by atoms with van der Waals surface area (Å²) in [4.78, 5) is 13.3. The van der Waals surface area contributed by atoms with Gasteiger partial charge in [-0.2, -0.15) is 0 Å². The Labute approximate surface area is 154 Å². The predicted octanol–water partition coefficient (Wildman–Crippen LogP) is 2.34. The standard InChI is InChI=1S/C20H27N5O/c1-15(26)21-18-12-17(13-18)20-23-22-19(25(20)3)14-24(2)11-7-10-16-8-5-4-6-9-16/h4-10,17-18H,11-14H2,1-3H3,(H,21,26)/b10-7+. The largest absolute Gasteiger partial charge is 0.354 e. The molecule has 3 rings (SSSR count). The second-order valence-electron chi connectivity index (χ2n) is 7.11. The van der Waals surface area contributed by atoms with Gasteiger partial charge in [-0.1, -0.05) is 42.5 Å². The number of aromatic nitrogens is 3. The van der Waals surface area contributed by atoms with Gasteiger partial charge in [0.1, 0.15) is 11.6 Å². The summed E-state index contributed by atoms with van der Waals surface area (Å²) < 4.78 is 2.10. The third kappa shape index (κ3) is 4.58. The van der Waals surface area contributed by atoms with Gasteiger partial charge in [-0.05, 0) is 25.5 Å². The van der Waals surface area contributed by atoms with Gasteiger partial charge in [0, 0.05) is 32.5 Å². The third-order valence-electron chi connectivity index (χ3n) is 4.85. The summed E-state index contributed by atoms with van der Waals surface area (Å²) >= 11 is 0. The Morgan fingerprint density at radius 2 is 2.04 bits per heavy atom. The molecule has 0 bridgehead atoms. The molecular formula is C20H27N5O. The molecule has 0 radical (unpaired) electrons. The Morgan fingerprint density at radius 1 is 1.31 bits per heavy atom. The predicted molar refractivity (Wildman–Crippen MR) is 102 cm³/mol. The molecule has 1 amide bonds. The summed E-state index contributed by atoms with van der Waals surface area (Å²) in [6.07, 6.45) is 6.19. The second-order valence-corrected chi connectivity index (χ2v) is 7.11. The molecular weight excluding hydrogens is 326 g/mol. The average molecular weight is 353 g/mol. The van der Waals surface area contributed by atoms with Crippen LogP contribution in [0.5, 0.6) is 0 Å². The van der Waals surface area contributed by atoms with Crippen molar-refractivity contribution in [2.45, 2.75) is 38.3 Å². The molecule has 0 atom stereocenters. The van der Waals surface area contributed by atoms with Crippen LogP contribution in [-0.2, 0) is 18.4 Å². The highest BCUT2D eigenvalue weighted by Gasteiger charge is 2.34. The number of hydrogen-bond donors (Lipinski definition) is 1. The van der Waals surface area contributed by atoms with Gasteiger partial charge >= 0.3 is 0 Å². The van der Waals surface area contributed by atoms with Crippen LogP contribution in [0.3, 0.4) is 0 Å². The molecule has 6 nitrogen and oxygen atoms in total. The lowest BCUT2D eigenvalue weighted by Gasteiger charge is -2.34. The van der Waals surface area contributed by atoms with Crippen LogP contribution < -0.4 is 5.32 Å². The SMILES string of the molecule is CC(=O)NC1CC(c2nnc(CN(C)C/C=C/c3ccccc3)n2C)C1. The Kier molecular flexibility index (Phi) is 5.83. The highest BCUT2D eigenvalue weighted by atomic mass is 16.1. The topological polar surface area (TPSA) is 63.1 Å². The maximum absolute atomic E-state index is 11.1. The van der Waals surface area contributed by atoms with Crippen LogP contribution >= 0.6 is 0 Å². The van der Waals surface area contributed by atoms with Crippen molar-refractivity contribution < 1.29 is 4.79 Å². The van der Waals surface area contributed by atoms with Gasteiger partial charge in [0.05, 0.1) is 6.54 Å². The summed E-state index contributed by atoms with van der Waals surface area (Å²) in [7, 11) is 4.11. The van der Waals surface area contributed by atoms with Crippen LogP contribution in [0.15, 0.2) is 36.4 Å². The highest BCUT2D eigenvalue weighted by molar-refractivity contribution is 5.73. The normalized spacial score (nSPS) is 19.7. The van der Waals surface area contributed by atoms with E-state index in [-0.39, 0.29) is 11.9 Å². The van der Waals surface area contributed by atoms with Gasteiger partial charge in [-0.3, -0.25) is 9.69 Å². The van der Waals surface area contributed by atoms with Crippen molar-refractivity contribution in [1.29, 1.82) is 0 Å². The van der Waals surface area contributed by atoms with Gasteiger partial charge in [0.15, 0.2) is 0 Å². The van der Waals surface area contributed by atoms with E-state index in [4.69, 9.17) is 0 Å². The van der Waals surface area contributed by atoms with E-state index in [1.165, 1.54) is 5.56 Å². The van der Waals surface area contributed by atoms with E-state index in [0.717, 1.165) is 37.6 Å². The molecule has 1 N–H and O–H groups in total. The molecule has 1 aromatic carbocycles. The lowest BCUT2D eigenvalue weighted by molar-refractivity contribution is -0.120. The number of benzene rings is 1. The van der Waals surface area contributed by atoms with Gasteiger partial charge in [-0.25, -0.2) is 0 Å². The van der Waals surface area contributed by atoms with Crippen LogP contribution in [0.4, 0.5) is 0 Å². The lowest BCUT2D eigenvalue weighted by Crippen LogP contribution is -2.43. The van der Waals surface area contributed by atoms with E-state index in [1.54, 1.807) is 6.92 Å². The van der Waals surface area contributed by atoms with Gasteiger partial charge in [0.2, 0.25) is 5.91 Å². The molecule has 0 saturated heterocycles. The van der Waals surface area contributed by atoms with E-state index in [0.29, 0.717) is 5.92 Å². The molecule has 1 aliphatic carbocycles. The first-order valence-corrected chi connectivity index (χ1v) is 9.08. The van der Waals surface area contributed by atoms with Crippen molar-refractivity contribution in [2.24, 2.45) is 7.05 Å². The third-order valence-corrected chi connectivity index (χ3v) is 4.85. The molecule has 6 heteroatoms. The number of likely N-dealkylation sites (N-methyl/N-ethyl adjacent to an activating group) is 1. The van der Waals surface area contributed by atoms with Gasteiger partial charge < -0.3 is 9.88 Å². The van der Waals surface area contributed by atoms with Crippen LogP contribution in [-0.4, -0.2) is 45.2 Å². The minimum Gasteiger partial charge on any atom is -0.354 e. The zero-order valence-corrected chi connectivity index (χ0v) is 15.7. The zero-order chi connectivity index (χ0) is 18.5. The van der Waals surface area contributed by atoms with Crippen molar-refractivity contribution in [2.75, 3.05) is 13.6 Å². The molecule has 1 heterocycles. The molecule has 0 aliphatic heterocycles. The Hall–Kier alpha value is -2.47. The fourth-order valence-corrected chi connectivity index (χ4v) is 3.34. The number of amides is 1. The van der Waals surface area contributed by atoms with Crippen molar-refractivity contribution in [3.63, 3.8) is 0 Å². The number of carbonyl (C=O) groups excluding carboxylic acids is 1. The monoisotopic (exact) mass is 353 g/mol. The number of nitrogens with zero attached hydrogens (tertiary/aromatic N) is 4. The van der Waals surface area contributed by atoms with Crippen molar-refractivity contribution in [3.05, 3.63) is 53.6 Å². The molecule has 26 heavy (non-hydrogen) atoms. The molecule has 138 valence electrons. The van der Waals surface area contributed by atoms with E-state index in [2.05, 4.69) is 56.3 Å². The molecule has 0 unspecified atom stereocenters. The van der Waals surface area contributed by atoms with E-state index >= 15 is 0 Å². The van der Waals surface area contributed by atoms with Crippen molar-refractivity contribution in [1.82, 2.24) is 25.0 Å². The highest BCUT2D eigenvalue weighted by Crippen LogP contribution is 2.35. The van der Waals surface area contributed by atoms with Crippen LogP contribution in [0.2, 0.25) is 0 Å². The first-order valence-electron chi connectivity index (χ1n) is 9.08. The molecule has 1 aromatic heterocycles. The number of rotatable bonds is 7. The zero-order valence-electron chi connectivity index (χ0n) is 15.7. The quantitative estimate of drug-likeness (QED) is 0.830. The summed E-state index contributed by atoms with van der Waals surface area (Å²) in [5, 5.41) is 11.7. The summed E-state index contributed by atoms with van der Waals surface area (Å²) in [6, 6.07) is 10.6. The smallest absolute Gasteiger partial charge is 0.217 e. The second kappa shape index (κ2) is 8.27. The average Bonchev–Trinajstić information content (AvgIpc) is 2.92. The molecule has 0 spiro atoms. The van der Waals surface area contributed by atoms with Crippen LogP contribution in [0.1, 0.15) is 42.9 Å². The number of hydrogen-bond acceptors (Lipinski definition) is 4. The minimum absolute atomic E-state index is 0.0392. The number of nitrogens with one attached hydrogen (secondary N) is 1. The van der Waals surface area contributed by atoms with Crippen LogP contribution in [0, 0.1) is 0 Å². The van der Waals surface area contributed by atoms with E-state index in [9.17, 15) is 4.79 Å². The fourth-order valence-electron chi connectivity index (χ4n) is 3.34. The Bertz CT molecular complexity index is 762. The maximum atomic E-state index is 11.1. The molecule has 1 fully saturated rings. The summed E-state index contributed by atoms with van der Waals surface area (Å²) in [6.45, 7) is 3.17. The maximum Gasteiger partial charge on any atom is 0.217 e. The molecule has 1 aliphatic rings. The molecule has 2 aromatic rings. The van der Waals surface area contributed by atoms with Crippen molar-refractivity contribution in [3.8, 4) is 0 Å². The summed E-state index contributed by atoms with van der Waals surface area (Å²) in [5.41, 5.74) is 1.21. The first-order chi connectivity index (χ1) is 12.5. The Balaban J connectivity index is 1.50. The summed E-state index contributed by atoms with van der Waals surface area (Å²) in [5.74, 6) is 2.42. The van der Waals surface area contributed by atoms with E-state index < -0.39 is 0 Å². The van der Waals surface area contributed by atoms with Crippen molar-refractivity contribution >= 4 is 12.0 Å². The minimum atomic E-state index is 0.0392. The molecule has 1 saturated carbocycles. The number of carbonyl (C=O) groups is 1. The van der Waals surface area contributed by atoms with Gasteiger partial charge in [-0.15, -0.1) is 10.2 Å². The van der Waals surface area contributed by atoms with E-state index in [1.807, 2.05) is 25.2 Å². The van der Waals surface area contributed by atoms with Gasteiger partial charge in [0.25, 0.3) is 0 Å². The Morgan fingerprint density at radius 3 is 2.73 bits per heavy atom. The van der Waals surface area contributed by atoms with Crippen LogP contribution in [0.25, 0.3) is 6.08 Å². The fraction of sp³-hybridized carbons (Fsp3) is 0.450. The first kappa shape index (κ1) is 18.3. The lowest BCUT2D eigenvalue weighted by atomic mass is 9.79.